The van der Waals surface area contributed by atoms with Gasteiger partial charge in [-0.05, 0) is 49.2 Å². The van der Waals surface area contributed by atoms with Crippen molar-refractivity contribution in [1.29, 1.82) is 0 Å². The summed E-state index contributed by atoms with van der Waals surface area (Å²) >= 11 is 8.28. The molecular weight excluding hydrogens is 418 g/mol. The van der Waals surface area contributed by atoms with Crippen molar-refractivity contribution in [2.75, 3.05) is 18.0 Å². The zero-order chi connectivity index (χ0) is 20.2. The molecule has 0 spiro atoms. The number of pyridine rings is 2. The highest BCUT2D eigenvalue weighted by molar-refractivity contribution is 7.99. The third kappa shape index (κ3) is 3.19. The summed E-state index contributed by atoms with van der Waals surface area (Å²) in [4.78, 5) is 25.3. The summed E-state index contributed by atoms with van der Waals surface area (Å²) in [5.74, 6) is 1.38. The molecule has 7 nitrogen and oxygen atoms in total. The van der Waals surface area contributed by atoms with E-state index in [1.54, 1.807) is 6.20 Å². The molecule has 30 heavy (non-hydrogen) atoms. The molecule has 1 atom stereocenters. The van der Waals surface area contributed by atoms with E-state index in [4.69, 9.17) is 27.3 Å². The average molecular weight is 438 g/mol. The fourth-order valence-corrected chi connectivity index (χ4v) is 5.17. The number of fused-ring (bicyclic) bond motifs is 2. The smallest absolute Gasteiger partial charge is 0.196 e. The van der Waals surface area contributed by atoms with Gasteiger partial charge in [-0.15, -0.1) is 0 Å². The number of nitrogens with one attached hydrogen (secondary N) is 1. The van der Waals surface area contributed by atoms with Gasteiger partial charge in [-0.2, -0.15) is 0 Å². The van der Waals surface area contributed by atoms with Gasteiger partial charge in [0.25, 0.3) is 0 Å². The summed E-state index contributed by atoms with van der Waals surface area (Å²) in [6, 6.07) is 6.01. The topological polar surface area (TPSA) is 96.6 Å². The van der Waals surface area contributed by atoms with Crippen LogP contribution in [-0.4, -0.2) is 44.1 Å². The molecule has 0 unspecified atom stereocenters. The van der Waals surface area contributed by atoms with E-state index in [9.17, 15) is 0 Å². The van der Waals surface area contributed by atoms with Gasteiger partial charge in [0.15, 0.2) is 5.16 Å². The maximum absolute atomic E-state index is 6.80. The third-order valence-corrected chi connectivity index (χ3v) is 6.94. The van der Waals surface area contributed by atoms with Crippen molar-refractivity contribution in [2.45, 2.75) is 41.3 Å². The number of nitrogens with zero attached hydrogens (tertiary/aromatic N) is 5. The lowest BCUT2D eigenvalue weighted by atomic mass is 10.2. The summed E-state index contributed by atoms with van der Waals surface area (Å²) < 4.78 is 0. The first kappa shape index (κ1) is 18.4. The minimum atomic E-state index is 0.155. The van der Waals surface area contributed by atoms with Gasteiger partial charge < -0.3 is 15.6 Å². The van der Waals surface area contributed by atoms with Gasteiger partial charge >= 0.3 is 0 Å². The molecule has 4 aromatic heterocycles. The van der Waals surface area contributed by atoms with E-state index in [1.165, 1.54) is 24.6 Å². The molecule has 0 radical (unpaired) electrons. The van der Waals surface area contributed by atoms with Gasteiger partial charge in [-0.1, -0.05) is 11.6 Å². The summed E-state index contributed by atoms with van der Waals surface area (Å²) in [5, 5.41) is 2.33. The zero-order valence-corrected chi connectivity index (χ0v) is 17.7. The second-order valence-corrected chi connectivity index (χ2v) is 9.41. The normalized spacial score (nSPS) is 19.3. The second-order valence-electron chi connectivity index (χ2n) is 7.99. The quantitative estimate of drug-likeness (QED) is 0.463. The summed E-state index contributed by atoms with van der Waals surface area (Å²) in [7, 11) is 0. The van der Waals surface area contributed by atoms with Crippen molar-refractivity contribution in [3.8, 4) is 0 Å². The fourth-order valence-electron chi connectivity index (χ4n) is 4.04. The van der Waals surface area contributed by atoms with Gasteiger partial charge in [0.2, 0.25) is 0 Å². The van der Waals surface area contributed by atoms with E-state index in [0.717, 1.165) is 63.0 Å². The van der Waals surface area contributed by atoms with E-state index in [1.807, 2.05) is 24.4 Å². The average Bonchev–Trinajstić information content (AvgIpc) is 3.42. The summed E-state index contributed by atoms with van der Waals surface area (Å²) in [5.41, 5.74) is 9.78. The number of aromatic amines is 1. The molecule has 6 rings (SSSR count). The van der Waals surface area contributed by atoms with Crippen molar-refractivity contribution < 1.29 is 0 Å². The standard InChI is InChI=1S/C21H20ClN7S/c22-17-16-19(26-18(17)11-3-4-11)27-21(28-20(16)29-7-5-12(23)10-29)30-13-8-15-14(25-9-13)2-1-6-24-15/h1-2,6,8-9,11-12H,3-5,7,10,23H2,(H,26,27,28)/t12-/m0/s1. The lowest BCUT2D eigenvalue weighted by molar-refractivity contribution is 0.751. The van der Waals surface area contributed by atoms with E-state index >= 15 is 0 Å². The molecule has 9 heteroatoms. The lowest BCUT2D eigenvalue weighted by Crippen LogP contribution is -2.27. The molecule has 2 fully saturated rings. The Morgan fingerprint density at radius 3 is 2.87 bits per heavy atom. The van der Waals surface area contributed by atoms with Crippen LogP contribution in [0.1, 0.15) is 30.9 Å². The first-order chi connectivity index (χ1) is 14.7. The van der Waals surface area contributed by atoms with E-state index in [-0.39, 0.29) is 6.04 Å². The van der Waals surface area contributed by atoms with Crippen LogP contribution in [0.2, 0.25) is 5.02 Å². The van der Waals surface area contributed by atoms with Crippen LogP contribution < -0.4 is 10.6 Å². The molecule has 4 aromatic rings. The van der Waals surface area contributed by atoms with Gasteiger partial charge in [0.05, 0.1) is 21.4 Å². The van der Waals surface area contributed by atoms with Crippen LogP contribution in [0.3, 0.4) is 0 Å². The first-order valence-electron chi connectivity index (χ1n) is 10.1. The largest absolute Gasteiger partial charge is 0.354 e. The Morgan fingerprint density at radius 1 is 1.17 bits per heavy atom. The van der Waals surface area contributed by atoms with Gasteiger partial charge in [-0.25, -0.2) is 9.97 Å². The third-order valence-electron chi connectivity index (χ3n) is 5.72. The Hall–Kier alpha value is -2.42. The van der Waals surface area contributed by atoms with E-state index < -0.39 is 0 Å². The molecule has 1 aliphatic heterocycles. The molecule has 2 aliphatic rings. The molecule has 1 aliphatic carbocycles. The number of rotatable bonds is 4. The summed E-state index contributed by atoms with van der Waals surface area (Å²) in [6.07, 6.45) is 6.90. The molecule has 3 N–H and O–H groups in total. The molecule has 1 saturated heterocycles. The number of aromatic nitrogens is 5. The summed E-state index contributed by atoms with van der Waals surface area (Å²) in [6.45, 7) is 1.65. The zero-order valence-electron chi connectivity index (χ0n) is 16.2. The molecule has 1 saturated carbocycles. The maximum Gasteiger partial charge on any atom is 0.196 e. The fraction of sp³-hybridized carbons (Fsp3) is 0.333. The minimum Gasteiger partial charge on any atom is -0.354 e. The van der Waals surface area contributed by atoms with E-state index in [0.29, 0.717) is 11.1 Å². The van der Waals surface area contributed by atoms with Crippen molar-refractivity contribution in [3.05, 3.63) is 41.3 Å². The number of hydrogen-bond donors (Lipinski definition) is 2. The highest BCUT2D eigenvalue weighted by Gasteiger charge is 2.32. The number of anilines is 1. The monoisotopic (exact) mass is 437 g/mol. The predicted molar refractivity (Wildman–Crippen MR) is 119 cm³/mol. The van der Waals surface area contributed by atoms with Crippen LogP contribution in [-0.2, 0) is 0 Å². The Balaban J connectivity index is 1.45. The van der Waals surface area contributed by atoms with Crippen LogP contribution in [0, 0.1) is 0 Å². The molecule has 0 bridgehead atoms. The molecular formula is C21H20ClN7S. The van der Waals surface area contributed by atoms with Gasteiger partial charge in [-0.3, -0.25) is 9.97 Å². The Kier molecular flexibility index (Phi) is 4.33. The lowest BCUT2D eigenvalue weighted by Gasteiger charge is -2.18. The van der Waals surface area contributed by atoms with Crippen molar-refractivity contribution in [1.82, 2.24) is 24.9 Å². The number of nitrogens with two attached hydrogens (primary N) is 1. The highest BCUT2D eigenvalue weighted by atomic mass is 35.5. The SMILES string of the molecule is N[C@H]1CCN(c2nc(Sc3cnc4cccnc4c3)nc3[nH]c(C4CC4)c(Cl)c23)C1. The molecule has 0 amide bonds. The van der Waals surface area contributed by atoms with E-state index in [2.05, 4.69) is 19.9 Å². The van der Waals surface area contributed by atoms with Crippen molar-refractivity contribution in [3.63, 3.8) is 0 Å². The number of halogens is 1. The predicted octanol–water partition coefficient (Wildman–Crippen LogP) is 4.12. The number of H-pyrrole nitrogens is 1. The number of hydrogen-bond acceptors (Lipinski definition) is 7. The van der Waals surface area contributed by atoms with Crippen LogP contribution in [0.15, 0.2) is 40.6 Å². The molecule has 0 aromatic carbocycles. The van der Waals surface area contributed by atoms with Gasteiger partial charge in [0, 0.05) is 48.0 Å². The second kappa shape index (κ2) is 7.08. The van der Waals surface area contributed by atoms with Crippen LogP contribution in [0.4, 0.5) is 5.82 Å². The van der Waals surface area contributed by atoms with Crippen molar-refractivity contribution >= 4 is 51.2 Å². The van der Waals surface area contributed by atoms with Crippen LogP contribution in [0.5, 0.6) is 0 Å². The molecule has 5 heterocycles. The Morgan fingerprint density at radius 2 is 2.07 bits per heavy atom. The maximum atomic E-state index is 6.80. The Bertz CT molecular complexity index is 1270. The Labute approximate surface area is 182 Å². The highest BCUT2D eigenvalue weighted by Crippen LogP contribution is 2.47. The first-order valence-corrected chi connectivity index (χ1v) is 11.3. The van der Waals surface area contributed by atoms with Crippen molar-refractivity contribution in [2.24, 2.45) is 5.73 Å². The van der Waals surface area contributed by atoms with Gasteiger partial charge in [0.1, 0.15) is 11.5 Å². The minimum absolute atomic E-state index is 0.155. The van der Waals surface area contributed by atoms with Crippen LogP contribution in [0.25, 0.3) is 22.1 Å². The molecule has 152 valence electrons. The van der Waals surface area contributed by atoms with Crippen LogP contribution >= 0.6 is 23.4 Å².